The Balaban J connectivity index is 1.48. The van der Waals surface area contributed by atoms with Crippen LogP contribution in [0.2, 0.25) is 5.02 Å². The van der Waals surface area contributed by atoms with Gasteiger partial charge in [-0.3, -0.25) is 4.79 Å². The lowest BCUT2D eigenvalue weighted by Gasteiger charge is -2.10. The van der Waals surface area contributed by atoms with Crippen LogP contribution in [0.5, 0.6) is 11.5 Å². The van der Waals surface area contributed by atoms with Crippen molar-refractivity contribution in [2.45, 2.75) is 6.61 Å². The molecule has 4 nitrogen and oxygen atoms in total. The molecule has 0 radical (unpaired) electrons. The summed E-state index contributed by atoms with van der Waals surface area (Å²) in [6, 6.07) is 20.7. The quantitative estimate of drug-likeness (QED) is 0.617. The van der Waals surface area contributed by atoms with Crippen LogP contribution in [0.3, 0.4) is 0 Å². The molecule has 0 aliphatic rings. The molecule has 3 aromatic rings. The Labute approximate surface area is 161 Å². The molecule has 0 heterocycles. The van der Waals surface area contributed by atoms with Crippen molar-refractivity contribution in [1.82, 2.24) is 0 Å². The molecule has 0 aromatic heterocycles. The van der Waals surface area contributed by atoms with Gasteiger partial charge in [-0.15, -0.1) is 0 Å². The molecule has 3 rings (SSSR count). The SMILES string of the molecule is O=C(COc1ccc(OCc2ccccc2)cc1)Nc1cc(Cl)ccc1F. The van der Waals surface area contributed by atoms with Gasteiger partial charge >= 0.3 is 0 Å². The molecule has 6 heteroatoms. The Bertz CT molecular complexity index is 901. The maximum absolute atomic E-state index is 13.6. The second kappa shape index (κ2) is 9.05. The second-order valence-corrected chi connectivity index (χ2v) is 6.14. The van der Waals surface area contributed by atoms with Crippen LogP contribution in [0.25, 0.3) is 0 Å². The number of amides is 1. The molecule has 0 fully saturated rings. The van der Waals surface area contributed by atoms with E-state index < -0.39 is 11.7 Å². The summed E-state index contributed by atoms with van der Waals surface area (Å²) in [5, 5.41) is 2.76. The normalized spacial score (nSPS) is 10.3. The van der Waals surface area contributed by atoms with Gasteiger partial charge in [-0.1, -0.05) is 41.9 Å². The monoisotopic (exact) mass is 385 g/mol. The van der Waals surface area contributed by atoms with E-state index >= 15 is 0 Å². The zero-order valence-corrected chi connectivity index (χ0v) is 15.1. The maximum Gasteiger partial charge on any atom is 0.262 e. The Morgan fingerprint density at radius 2 is 1.59 bits per heavy atom. The summed E-state index contributed by atoms with van der Waals surface area (Å²) >= 11 is 5.79. The first-order valence-electron chi connectivity index (χ1n) is 8.24. The van der Waals surface area contributed by atoms with Gasteiger partial charge < -0.3 is 14.8 Å². The van der Waals surface area contributed by atoms with Crippen molar-refractivity contribution in [1.29, 1.82) is 0 Å². The van der Waals surface area contributed by atoms with E-state index in [1.165, 1.54) is 18.2 Å². The standard InChI is InChI=1S/C21H17ClFNO3/c22-16-6-11-19(23)20(12-16)24-21(25)14-27-18-9-7-17(8-10-18)26-13-15-4-2-1-3-5-15/h1-12H,13-14H2,(H,24,25). The van der Waals surface area contributed by atoms with Gasteiger partial charge in [0.05, 0.1) is 5.69 Å². The number of hydrogen-bond donors (Lipinski definition) is 1. The van der Waals surface area contributed by atoms with Gasteiger partial charge in [0, 0.05) is 5.02 Å². The van der Waals surface area contributed by atoms with Crippen LogP contribution >= 0.6 is 11.6 Å². The predicted octanol–water partition coefficient (Wildman–Crippen LogP) is 5.08. The first-order chi connectivity index (χ1) is 13.1. The third kappa shape index (κ3) is 5.72. The van der Waals surface area contributed by atoms with Gasteiger partial charge in [0.1, 0.15) is 23.9 Å². The van der Waals surface area contributed by atoms with E-state index in [2.05, 4.69) is 5.32 Å². The lowest BCUT2D eigenvalue weighted by Crippen LogP contribution is -2.20. The summed E-state index contributed by atoms with van der Waals surface area (Å²) in [6.07, 6.45) is 0. The average Bonchev–Trinajstić information content (AvgIpc) is 2.69. The maximum atomic E-state index is 13.6. The molecular weight excluding hydrogens is 369 g/mol. The summed E-state index contributed by atoms with van der Waals surface area (Å²) < 4.78 is 24.7. The molecule has 1 amide bonds. The molecule has 0 saturated carbocycles. The zero-order valence-electron chi connectivity index (χ0n) is 14.3. The zero-order chi connectivity index (χ0) is 19.1. The van der Waals surface area contributed by atoms with E-state index in [1.807, 2.05) is 30.3 Å². The minimum atomic E-state index is -0.562. The van der Waals surface area contributed by atoms with Crippen molar-refractivity contribution in [2.75, 3.05) is 11.9 Å². The van der Waals surface area contributed by atoms with E-state index in [0.29, 0.717) is 23.1 Å². The van der Waals surface area contributed by atoms with Crippen LogP contribution in [0.4, 0.5) is 10.1 Å². The fourth-order valence-electron chi connectivity index (χ4n) is 2.30. The molecule has 27 heavy (non-hydrogen) atoms. The summed E-state index contributed by atoms with van der Waals surface area (Å²) in [7, 11) is 0. The lowest BCUT2D eigenvalue weighted by molar-refractivity contribution is -0.118. The van der Waals surface area contributed by atoms with E-state index in [0.717, 1.165) is 5.56 Å². The molecule has 0 saturated heterocycles. The van der Waals surface area contributed by atoms with Crippen molar-refractivity contribution in [3.8, 4) is 11.5 Å². The van der Waals surface area contributed by atoms with Crippen LogP contribution in [-0.4, -0.2) is 12.5 Å². The minimum Gasteiger partial charge on any atom is -0.489 e. The smallest absolute Gasteiger partial charge is 0.262 e. The number of carbonyl (C=O) groups is 1. The Morgan fingerprint density at radius 1 is 0.926 bits per heavy atom. The molecule has 0 atom stereocenters. The highest BCUT2D eigenvalue weighted by molar-refractivity contribution is 6.30. The molecule has 138 valence electrons. The molecule has 1 N–H and O–H groups in total. The topological polar surface area (TPSA) is 47.6 Å². The van der Waals surface area contributed by atoms with Crippen LogP contribution in [-0.2, 0) is 11.4 Å². The molecule has 0 aliphatic heterocycles. The van der Waals surface area contributed by atoms with E-state index in [-0.39, 0.29) is 12.3 Å². The van der Waals surface area contributed by atoms with E-state index in [4.69, 9.17) is 21.1 Å². The van der Waals surface area contributed by atoms with E-state index in [1.54, 1.807) is 24.3 Å². The summed E-state index contributed by atoms with van der Waals surface area (Å²) in [5.41, 5.74) is 1.09. The molecule has 0 unspecified atom stereocenters. The van der Waals surface area contributed by atoms with Crippen molar-refractivity contribution in [2.24, 2.45) is 0 Å². The van der Waals surface area contributed by atoms with Crippen LogP contribution < -0.4 is 14.8 Å². The molecule has 0 spiro atoms. The lowest BCUT2D eigenvalue weighted by atomic mass is 10.2. The van der Waals surface area contributed by atoms with Crippen LogP contribution in [0, 0.1) is 5.82 Å². The molecule has 0 aliphatic carbocycles. The Hall–Kier alpha value is -3.05. The number of benzene rings is 3. The summed E-state index contributed by atoms with van der Waals surface area (Å²) in [4.78, 5) is 11.9. The third-order valence-electron chi connectivity index (χ3n) is 3.64. The number of halogens is 2. The predicted molar refractivity (Wildman–Crippen MR) is 103 cm³/mol. The largest absolute Gasteiger partial charge is 0.489 e. The van der Waals surface area contributed by atoms with Gasteiger partial charge in [0.15, 0.2) is 6.61 Å². The molecular formula is C21H17ClFNO3. The highest BCUT2D eigenvalue weighted by Gasteiger charge is 2.08. The van der Waals surface area contributed by atoms with Gasteiger partial charge in [0.25, 0.3) is 5.91 Å². The van der Waals surface area contributed by atoms with Crippen molar-refractivity contribution in [3.05, 3.63) is 89.2 Å². The average molecular weight is 386 g/mol. The van der Waals surface area contributed by atoms with E-state index in [9.17, 15) is 9.18 Å². The molecule has 3 aromatic carbocycles. The van der Waals surface area contributed by atoms with Gasteiger partial charge in [0.2, 0.25) is 0 Å². The van der Waals surface area contributed by atoms with Gasteiger partial charge in [-0.25, -0.2) is 4.39 Å². The second-order valence-electron chi connectivity index (χ2n) is 5.71. The number of anilines is 1. The summed E-state index contributed by atoms with van der Waals surface area (Å²) in [5.74, 6) is 0.147. The number of rotatable bonds is 7. The highest BCUT2D eigenvalue weighted by Crippen LogP contribution is 2.20. The van der Waals surface area contributed by atoms with Crippen molar-refractivity contribution < 1.29 is 18.7 Å². The third-order valence-corrected chi connectivity index (χ3v) is 3.88. The summed E-state index contributed by atoms with van der Waals surface area (Å²) in [6.45, 7) is 0.213. The number of nitrogens with one attached hydrogen (secondary N) is 1. The minimum absolute atomic E-state index is 0.0146. The van der Waals surface area contributed by atoms with Gasteiger partial charge in [-0.2, -0.15) is 0 Å². The molecule has 0 bridgehead atoms. The fraction of sp³-hybridized carbons (Fsp3) is 0.0952. The van der Waals surface area contributed by atoms with Gasteiger partial charge in [-0.05, 0) is 48.0 Å². The fourth-order valence-corrected chi connectivity index (χ4v) is 2.47. The number of carbonyl (C=O) groups excluding carboxylic acids is 1. The Kier molecular flexibility index (Phi) is 6.28. The van der Waals surface area contributed by atoms with Crippen molar-refractivity contribution >= 4 is 23.2 Å². The Morgan fingerprint density at radius 3 is 2.30 bits per heavy atom. The van der Waals surface area contributed by atoms with Crippen LogP contribution in [0.1, 0.15) is 5.56 Å². The first kappa shape index (κ1) is 18.7. The van der Waals surface area contributed by atoms with Crippen molar-refractivity contribution in [3.63, 3.8) is 0 Å². The van der Waals surface area contributed by atoms with Crippen LogP contribution in [0.15, 0.2) is 72.8 Å². The number of ether oxygens (including phenoxy) is 2. The first-order valence-corrected chi connectivity index (χ1v) is 8.62. The highest BCUT2D eigenvalue weighted by atomic mass is 35.5. The number of hydrogen-bond acceptors (Lipinski definition) is 3.